The minimum absolute atomic E-state index is 0.00402. The Morgan fingerprint density at radius 1 is 0.509 bits per heavy atom. The van der Waals surface area contributed by atoms with Gasteiger partial charge in [-0.1, -0.05) is 182 Å². The molecule has 0 aromatic carbocycles. The van der Waals surface area contributed by atoms with Crippen LogP contribution in [0.5, 0.6) is 0 Å². The Hall–Kier alpha value is -1.14. The van der Waals surface area contributed by atoms with Crippen LogP contribution in [0.15, 0.2) is 0 Å². The van der Waals surface area contributed by atoms with Gasteiger partial charge in [0.1, 0.15) is 0 Å². The van der Waals surface area contributed by atoms with E-state index >= 15 is 0 Å². The molecule has 6 heteroatoms. The molecule has 0 heterocycles. The molecule has 0 radical (unpaired) electrons. The van der Waals surface area contributed by atoms with Crippen LogP contribution in [-0.4, -0.2) is 61.4 Å². The number of rotatable bonds is 42. The summed E-state index contributed by atoms with van der Waals surface area (Å²) in [6, 6.07) is 0. The number of unbranched alkanes of at least 4 members (excludes halogenated alkanes) is 21. The average Bonchev–Trinajstić information content (AvgIpc) is 3.16. The number of nitrogens with zero attached hydrogens (tertiary/aromatic N) is 1. The number of hydrogen-bond acceptors (Lipinski definition) is 6. The first kappa shape index (κ1) is 53.9. The lowest BCUT2D eigenvalue weighted by Gasteiger charge is -2.26. The molecule has 55 heavy (non-hydrogen) atoms. The van der Waals surface area contributed by atoms with Crippen molar-refractivity contribution in [2.24, 2.45) is 16.7 Å². The highest BCUT2D eigenvalue weighted by Gasteiger charge is 2.28. The molecule has 0 spiro atoms. The van der Waals surface area contributed by atoms with E-state index in [-0.39, 0.29) is 29.9 Å². The van der Waals surface area contributed by atoms with Gasteiger partial charge in [0.25, 0.3) is 0 Å². The Labute approximate surface area is 343 Å². The monoisotopic (exact) mass is 780 g/mol. The van der Waals surface area contributed by atoms with E-state index in [0.29, 0.717) is 13.2 Å². The zero-order valence-electron chi connectivity index (χ0n) is 38.3. The minimum atomic E-state index is -0.409. The second kappa shape index (κ2) is 37.2. The van der Waals surface area contributed by atoms with Gasteiger partial charge < -0.3 is 19.5 Å². The number of ether oxygens (including phenoxy) is 2. The van der Waals surface area contributed by atoms with E-state index < -0.39 is 5.41 Å². The normalized spacial score (nSPS) is 12.3. The van der Waals surface area contributed by atoms with Gasteiger partial charge in [-0.15, -0.1) is 0 Å². The van der Waals surface area contributed by atoms with Crippen molar-refractivity contribution in [2.75, 3.05) is 39.5 Å². The largest absolute Gasteiger partial charge is 0.465 e. The summed E-state index contributed by atoms with van der Waals surface area (Å²) >= 11 is 0. The van der Waals surface area contributed by atoms with Gasteiger partial charge in [0.15, 0.2) is 0 Å². The van der Waals surface area contributed by atoms with E-state index in [1.54, 1.807) is 0 Å². The smallest absolute Gasteiger partial charge is 0.311 e. The number of hydrogen-bond donors (Lipinski definition) is 1. The van der Waals surface area contributed by atoms with Gasteiger partial charge in [-0.05, 0) is 83.7 Å². The molecule has 0 amide bonds. The van der Waals surface area contributed by atoms with Crippen LogP contribution in [0.1, 0.15) is 248 Å². The fourth-order valence-electron chi connectivity index (χ4n) is 7.70. The molecule has 0 bridgehead atoms. The molecule has 0 fully saturated rings. The van der Waals surface area contributed by atoms with Crippen molar-refractivity contribution < 1.29 is 24.2 Å². The van der Waals surface area contributed by atoms with Gasteiger partial charge in [-0.25, -0.2) is 0 Å². The number of esters is 2. The Morgan fingerprint density at radius 2 is 0.927 bits per heavy atom. The van der Waals surface area contributed by atoms with Crippen molar-refractivity contribution >= 4 is 11.9 Å². The molecular formula is C49H97NO5. The van der Waals surface area contributed by atoms with Crippen LogP contribution in [0, 0.1) is 16.7 Å². The van der Waals surface area contributed by atoms with Crippen LogP contribution in [0.2, 0.25) is 0 Å². The van der Waals surface area contributed by atoms with Crippen molar-refractivity contribution in [3.8, 4) is 0 Å². The Bertz CT molecular complexity index is 842. The van der Waals surface area contributed by atoms with E-state index in [1.807, 2.05) is 13.8 Å². The molecule has 0 unspecified atom stereocenters. The first-order chi connectivity index (χ1) is 26.5. The van der Waals surface area contributed by atoms with E-state index in [9.17, 15) is 14.7 Å². The summed E-state index contributed by atoms with van der Waals surface area (Å²) in [6.07, 6.45) is 36.5. The van der Waals surface area contributed by atoms with Crippen molar-refractivity contribution in [2.45, 2.75) is 248 Å². The molecule has 0 saturated heterocycles. The number of aliphatic hydroxyl groups is 1. The Morgan fingerprint density at radius 3 is 1.45 bits per heavy atom. The predicted octanol–water partition coefficient (Wildman–Crippen LogP) is 14.2. The minimum Gasteiger partial charge on any atom is -0.465 e. The lowest BCUT2D eigenvalue weighted by Crippen LogP contribution is -2.28. The van der Waals surface area contributed by atoms with Crippen LogP contribution >= 0.6 is 0 Å². The first-order valence-electron chi connectivity index (χ1n) is 24.2. The molecule has 6 nitrogen and oxygen atoms in total. The number of aliphatic hydroxyl groups excluding tert-OH is 1. The Balaban J connectivity index is 4.41. The summed E-state index contributed by atoms with van der Waals surface area (Å²) < 4.78 is 11.7. The highest BCUT2D eigenvalue weighted by molar-refractivity contribution is 5.75. The van der Waals surface area contributed by atoms with Crippen LogP contribution in [-0.2, 0) is 19.1 Å². The standard InChI is InChI=1S/C49H97NO5/c1-8-11-14-17-20-25-33-43-54-47(53)49(6,7)38-30-23-24-31-39-50(41-34-42-51)40-32-26-29-37-48(4,5)44-55-46(52)45(35-27-21-18-15-12-9-2)36-28-22-19-16-13-10-3/h45,51H,8-44H2,1-7H3. The van der Waals surface area contributed by atoms with E-state index in [0.717, 1.165) is 110 Å². The van der Waals surface area contributed by atoms with Gasteiger partial charge in [0, 0.05) is 13.2 Å². The molecule has 0 rings (SSSR count). The number of carbonyl (C=O) groups excluding carboxylic acids is 2. The second-order valence-corrected chi connectivity index (χ2v) is 18.6. The predicted molar refractivity (Wildman–Crippen MR) is 237 cm³/mol. The topological polar surface area (TPSA) is 76.1 Å². The maximum Gasteiger partial charge on any atom is 0.311 e. The van der Waals surface area contributed by atoms with Crippen molar-refractivity contribution in [1.82, 2.24) is 4.90 Å². The van der Waals surface area contributed by atoms with Gasteiger partial charge in [-0.2, -0.15) is 0 Å². The van der Waals surface area contributed by atoms with Crippen LogP contribution < -0.4 is 0 Å². The summed E-state index contributed by atoms with van der Waals surface area (Å²) in [6.45, 7) is 19.8. The summed E-state index contributed by atoms with van der Waals surface area (Å²) in [7, 11) is 0. The molecule has 0 atom stereocenters. The molecule has 0 aliphatic carbocycles. The first-order valence-corrected chi connectivity index (χ1v) is 24.2. The summed E-state index contributed by atoms with van der Waals surface area (Å²) in [5, 5.41) is 9.49. The molecule has 328 valence electrons. The van der Waals surface area contributed by atoms with Crippen LogP contribution in [0.25, 0.3) is 0 Å². The SMILES string of the molecule is CCCCCCCCCOC(=O)C(C)(C)CCCCCCN(CCCO)CCCCCC(C)(C)COC(=O)C(CCCCCCCC)CCCCCCCC. The van der Waals surface area contributed by atoms with E-state index in [4.69, 9.17) is 9.47 Å². The zero-order valence-corrected chi connectivity index (χ0v) is 38.3. The Kier molecular flexibility index (Phi) is 36.4. The quantitative estimate of drug-likeness (QED) is 0.0491. The molecule has 1 N–H and O–H groups in total. The van der Waals surface area contributed by atoms with Crippen molar-refractivity contribution in [1.29, 1.82) is 0 Å². The van der Waals surface area contributed by atoms with Crippen LogP contribution in [0.4, 0.5) is 0 Å². The molecular weight excluding hydrogens is 683 g/mol. The summed E-state index contributed by atoms with van der Waals surface area (Å²) in [4.78, 5) is 28.5. The maximum atomic E-state index is 13.3. The molecule has 0 aromatic heterocycles. The van der Waals surface area contributed by atoms with Gasteiger partial charge >= 0.3 is 11.9 Å². The van der Waals surface area contributed by atoms with Crippen molar-refractivity contribution in [3.63, 3.8) is 0 Å². The lowest BCUT2D eigenvalue weighted by atomic mass is 9.87. The summed E-state index contributed by atoms with van der Waals surface area (Å²) in [5.41, 5.74) is -0.413. The fraction of sp³-hybridized carbons (Fsp3) is 0.959. The van der Waals surface area contributed by atoms with Crippen LogP contribution in [0.3, 0.4) is 0 Å². The van der Waals surface area contributed by atoms with E-state index in [2.05, 4.69) is 39.5 Å². The van der Waals surface area contributed by atoms with E-state index in [1.165, 1.54) is 109 Å². The third kappa shape index (κ3) is 33.5. The average molecular weight is 780 g/mol. The lowest BCUT2D eigenvalue weighted by molar-refractivity contribution is -0.154. The highest BCUT2D eigenvalue weighted by atomic mass is 16.5. The van der Waals surface area contributed by atoms with Gasteiger partial charge in [0.2, 0.25) is 0 Å². The van der Waals surface area contributed by atoms with Gasteiger partial charge in [-0.3, -0.25) is 9.59 Å². The highest BCUT2D eigenvalue weighted by Crippen LogP contribution is 2.28. The fourth-order valence-corrected chi connectivity index (χ4v) is 7.70. The maximum absolute atomic E-state index is 13.3. The summed E-state index contributed by atoms with van der Waals surface area (Å²) in [5.74, 6) is 0.0809. The van der Waals surface area contributed by atoms with Gasteiger partial charge in [0.05, 0.1) is 24.5 Å². The molecule has 0 saturated carbocycles. The molecule has 0 aromatic rings. The zero-order chi connectivity index (χ0) is 40.9. The number of carbonyl (C=O) groups is 2. The third-order valence-corrected chi connectivity index (χ3v) is 11.8. The van der Waals surface area contributed by atoms with Crippen molar-refractivity contribution in [3.05, 3.63) is 0 Å². The third-order valence-electron chi connectivity index (χ3n) is 11.8. The molecule has 0 aliphatic heterocycles. The molecule has 0 aliphatic rings. The second-order valence-electron chi connectivity index (χ2n) is 18.6.